The van der Waals surface area contributed by atoms with Crippen LogP contribution in [0.5, 0.6) is 0 Å². The first kappa shape index (κ1) is 17.7. The molecule has 1 aliphatic carbocycles. The molecule has 0 heterocycles. The van der Waals surface area contributed by atoms with Gasteiger partial charge in [0.25, 0.3) is 0 Å². The Bertz CT molecular complexity index is 636. The SMILES string of the molecule is CCCCC(=O)NC1=C(C(Cl)C(C)CC)c2ccccc2C1=O. The molecule has 23 heavy (non-hydrogen) atoms. The summed E-state index contributed by atoms with van der Waals surface area (Å²) in [5, 5.41) is 2.53. The van der Waals surface area contributed by atoms with Gasteiger partial charge in [0.15, 0.2) is 0 Å². The molecule has 1 amide bonds. The molecule has 0 fully saturated rings. The molecule has 0 aromatic heterocycles. The monoisotopic (exact) mass is 333 g/mol. The van der Waals surface area contributed by atoms with E-state index in [1.165, 1.54) is 0 Å². The zero-order chi connectivity index (χ0) is 17.0. The first-order valence-corrected chi connectivity index (χ1v) is 8.77. The molecule has 2 atom stereocenters. The Labute approximate surface area is 143 Å². The summed E-state index contributed by atoms with van der Waals surface area (Å²) in [6, 6.07) is 7.44. The van der Waals surface area contributed by atoms with E-state index in [9.17, 15) is 9.59 Å². The van der Waals surface area contributed by atoms with Crippen molar-refractivity contribution in [1.82, 2.24) is 5.32 Å². The Kier molecular flexibility index (Phi) is 6.00. The van der Waals surface area contributed by atoms with Gasteiger partial charge in [0.2, 0.25) is 11.7 Å². The van der Waals surface area contributed by atoms with Gasteiger partial charge in [0.05, 0.1) is 11.1 Å². The number of Topliss-reactive ketones (excluding diaryl/α,β-unsaturated/α-hetero) is 1. The molecule has 2 rings (SSSR count). The Morgan fingerprint density at radius 2 is 1.87 bits per heavy atom. The number of nitrogens with one attached hydrogen (secondary N) is 1. The number of carbonyl (C=O) groups excluding carboxylic acids is 2. The van der Waals surface area contributed by atoms with Crippen molar-refractivity contribution in [1.29, 1.82) is 0 Å². The summed E-state index contributed by atoms with van der Waals surface area (Å²) in [5.41, 5.74) is 2.62. The number of amides is 1. The minimum absolute atomic E-state index is 0.117. The van der Waals surface area contributed by atoms with Gasteiger partial charge in [0.1, 0.15) is 0 Å². The molecule has 4 heteroatoms. The summed E-state index contributed by atoms with van der Waals surface area (Å²) in [5.74, 6) is -0.0314. The molecule has 124 valence electrons. The van der Waals surface area contributed by atoms with Crippen LogP contribution >= 0.6 is 11.6 Å². The Morgan fingerprint density at radius 1 is 1.22 bits per heavy atom. The predicted molar refractivity (Wildman–Crippen MR) is 94.5 cm³/mol. The van der Waals surface area contributed by atoms with Gasteiger partial charge < -0.3 is 5.32 Å². The minimum atomic E-state index is -0.297. The molecule has 0 spiro atoms. The third-order valence-corrected chi connectivity index (χ3v) is 5.05. The van der Waals surface area contributed by atoms with Crippen molar-refractivity contribution in [3.8, 4) is 0 Å². The van der Waals surface area contributed by atoms with Crippen molar-refractivity contribution in [3.05, 3.63) is 41.1 Å². The highest BCUT2D eigenvalue weighted by atomic mass is 35.5. The smallest absolute Gasteiger partial charge is 0.224 e. The van der Waals surface area contributed by atoms with Gasteiger partial charge in [-0.25, -0.2) is 0 Å². The second-order valence-corrected chi connectivity index (χ2v) is 6.57. The van der Waals surface area contributed by atoms with E-state index in [4.69, 9.17) is 11.6 Å². The minimum Gasteiger partial charge on any atom is -0.322 e. The lowest BCUT2D eigenvalue weighted by atomic mass is 9.94. The molecule has 1 aromatic rings. The summed E-state index contributed by atoms with van der Waals surface area (Å²) in [7, 11) is 0. The van der Waals surface area contributed by atoms with Crippen molar-refractivity contribution in [2.75, 3.05) is 0 Å². The third kappa shape index (κ3) is 3.66. The summed E-state index contributed by atoms with van der Waals surface area (Å²) in [6.45, 7) is 6.17. The number of carbonyl (C=O) groups is 2. The summed E-state index contributed by atoms with van der Waals surface area (Å²) in [6.07, 6.45) is 3.09. The number of ketones is 1. The quantitative estimate of drug-likeness (QED) is 0.744. The lowest BCUT2D eigenvalue weighted by molar-refractivity contribution is -0.120. The van der Waals surface area contributed by atoms with Crippen molar-refractivity contribution in [2.24, 2.45) is 5.92 Å². The molecule has 0 aliphatic heterocycles. The van der Waals surface area contributed by atoms with Gasteiger partial charge in [-0.2, -0.15) is 0 Å². The van der Waals surface area contributed by atoms with Crippen LogP contribution in [0.15, 0.2) is 30.0 Å². The maximum absolute atomic E-state index is 12.7. The number of hydrogen-bond acceptors (Lipinski definition) is 2. The van der Waals surface area contributed by atoms with Crippen LogP contribution in [0.25, 0.3) is 5.57 Å². The number of benzene rings is 1. The van der Waals surface area contributed by atoms with Crippen LogP contribution in [-0.4, -0.2) is 17.1 Å². The van der Waals surface area contributed by atoms with Crippen LogP contribution in [0, 0.1) is 5.92 Å². The standard InChI is InChI=1S/C19H24ClNO2/c1-4-6-11-15(22)21-18-16(17(20)12(3)5-2)13-9-7-8-10-14(13)19(18)23/h7-10,12,17H,4-6,11H2,1-3H3,(H,21,22,23). The summed E-state index contributed by atoms with van der Waals surface area (Å²) < 4.78 is 0. The van der Waals surface area contributed by atoms with Gasteiger partial charge in [-0.05, 0) is 17.9 Å². The molecule has 1 aromatic carbocycles. The van der Waals surface area contributed by atoms with Crippen LogP contribution in [0.2, 0.25) is 0 Å². The molecule has 1 aliphatic rings. The van der Waals surface area contributed by atoms with Crippen LogP contribution < -0.4 is 5.32 Å². The Hall–Kier alpha value is -1.61. The molecule has 3 nitrogen and oxygen atoms in total. The molecule has 0 bridgehead atoms. The average Bonchev–Trinajstić information content (AvgIpc) is 2.84. The lowest BCUT2D eigenvalue weighted by Crippen LogP contribution is -2.27. The second-order valence-electron chi connectivity index (χ2n) is 6.10. The van der Waals surface area contributed by atoms with Crippen LogP contribution in [0.3, 0.4) is 0 Å². The van der Waals surface area contributed by atoms with E-state index in [0.29, 0.717) is 17.7 Å². The van der Waals surface area contributed by atoms with Crippen molar-refractivity contribution in [3.63, 3.8) is 0 Å². The first-order valence-electron chi connectivity index (χ1n) is 8.33. The van der Waals surface area contributed by atoms with Crippen LogP contribution in [0.4, 0.5) is 0 Å². The molecule has 0 saturated carbocycles. The number of unbranched alkanes of at least 4 members (excludes halogenated alkanes) is 1. The molecular formula is C19H24ClNO2. The number of allylic oxidation sites excluding steroid dienone is 2. The van der Waals surface area contributed by atoms with Gasteiger partial charge in [-0.1, -0.05) is 57.9 Å². The largest absolute Gasteiger partial charge is 0.322 e. The van der Waals surface area contributed by atoms with Crippen LogP contribution in [0.1, 0.15) is 62.4 Å². The van der Waals surface area contributed by atoms with Gasteiger partial charge in [-0.15, -0.1) is 11.6 Å². The van der Waals surface area contributed by atoms with E-state index in [2.05, 4.69) is 19.2 Å². The lowest BCUT2D eigenvalue weighted by Gasteiger charge is -2.20. The fourth-order valence-electron chi connectivity index (χ4n) is 2.75. The highest BCUT2D eigenvalue weighted by Crippen LogP contribution is 2.39. The Balaban J connectivity index is 2.40. The highest BCUT2D eigenvalue weighted by molar-refractivity contribution is 6.32. The fourth-order valence-corrected chi connectivity index (χ4v) is 3.15. The molecular weight excluding hydrogens is 310 g/mol. The maximum atomic E-state index is 12.7. The van der Waals surface area contributed by atoms with Gasteiger partial charge in [-0.3, -0.25) is 9.59 Å². The topological polar surface area (TPSA) is 46.2 Å². The molecule has 0 radical (unpaired) electrons. The summed E-state index contributed by atoms with van der Waals surface area (Å²) in [4.78, 5) is 24.8. The van der Waals surface area contributed by atoms with E-state index in [1.807, 2.05) is 25.1 Å². The van der Waals surface area contributed by atoms with Gasteiger partial charge in [0, 0.05) is 17.6 Å². The van der Waals surface area contributed by atoms with E-state index in [0.717, 1.165) is 30.4 Å². The highest BCUT2D eigenvalue weighted by Gasteiger charge is 2.35. The first-order chi connectivity index (χ1) is 11.0. The van der Waals surface area contributed by atoms with Crippen LogP contribution in [-0.2, 0) is 4.79 Å². The summed E-state index contributed by atoms with van der Waals surface area (Å²) >= 11 is 6.65. The second kappa shape index (κ2) is 7.78. The molecule has 1 N–H and O–H groups in total. The average molecular weight is 334 g/mol. The maximum Gasteiger partial charge on any atom is 0.224 e. The zero-order valence-corrected chi connectivity index (χ0v) is 14.7. The normalized spacial score (nSPS) is 16.3. The number of halogens is 1. The van der Waals surface area contributed by atoms with E-state index >= 15 is 0 Å². The number of hydrogen-bond donors (Lipinski definition) is 1. The molecule has 0 saturated heterocycles. The fraction of sp³-hybridized carbons (Fsp3) is 0.474. The molecule has 2 unspecified atom stereocenters. The third-order valence-electron chi connectivity index (χ3n) is 4.40. The Morgan fingerprint density at radius 3 is 2.48 bits per heavy atom. The zero-order valence-electron chi connectivity index (χ0n) is 14.0. The van der Waals surface area contributed by atoms with E-state index in [-0.39, 0.29) is 23.0 Å². The number of fused-ring (bicyclic) bond motifs is 1. The van der Waals surface area contributed by atoms with Crippen molar-refractivity contribution < 1.29 is 9.59 Å². The van der Waals surface area contributed by atoms with E-state index in [1.54, 1.807) is 6.07 Å². The van der Waals surface area contributed by atoms with E-state index < -0.39 is 0 Å². The van der Waals surface area contributed by atoms with Gasteiger partial charge >= 0.3 is 0 Å². The number of rotatable bonds is 7. The van der Waals surface area contributed by atoms with Crippen molar-refractivity contribution in [2.45, 2.75) is 51.8 Å². The predicted octanol–water partition coefficient (Wildman–Crippen LogP) is 4.55. The number of alkyl halides is 1. The van der Waals surface area contributed by atoms with Crippen molar-refractivity contribution >= 4 is 28.9 Å².